The summed E-state index contributed by atoms with van der Waals surface area (Å²) in [6.07, 6.45) is 3.74. The highest BCUT2D eigenvalue weighted by molar-refractivity contribution is 7.93. The molecule has 0 spiro atoms. The molecular formula is C27H19F3N4O2S. The van der Waals surface area contributed by atoms with Crippen LogP contribution < -0.4 is 4.72 Å². The Bertz CT molecular complexity index is 1750. The number of fused-ring (bicyclic) bond motifs is 1. The average Bonchev–Trinajstić information content (AvgIpc) is 3.67. The second kappa shape index (κ2) is 8.74. The smallest absolute Gasteiger partial charge is 0.235 e. The lowest BCUT2D eigenvalue weighted by atomic mass is 10.0. The Balaban J connectivity index is 1.48. The lowest BCUT2D eigenvalue weighted by Crippen LogP contribution is -2.18. The molecule has 0 unspecified atom stereocenters. The SMILES string of the molecule is O=S(=O)(Nc1cc(-n2cnc3cc(-c4ccc(F)cn4)ccc32)cc(-c2ccc(F)cc2)c1F)C1CC1. The normalized spacial score (nSPS) is 13.7. The molecule has 1 aliphatic rings. The maximum Gasteiger partial charge on any atom is 0.235 e. The van der Waals surface area contributed by atoms with E-state index in [2.05, 4.69) is 14.7 Å². The highest BCUT2D eigenvalue weighted by Crippen LogP contribution is 2.36. The van der Waals surface area contributed by atoms with Gasteiger partial charge in [-0.2, -0.15) is 0 Å². The topological polar surface area (TPSA) is 76.9 Å². The quantitative estimate of drug-likeness (QED) is 0.295. The van der Waals surface area contributed by atoms with Crippen molar-refractivity contribution in [3.8, 4) is 28.1 Å². The van der Waals surface area contributed by atoms with Crippen molar-refractivity contribution in [2.24, 2.45) is 0 Å². The van der Waals surface area contributed by atoms with Crippen LogP contribution in [0.5, 0.6) is 0 Å². The zero-order valence-corrected chi connectivity index (χ0v) is 20.0. The molecule has 2 heterocycles. The van der Waals surface area contributed by atoms with Crippen molar-refractivity contribution in [1.29, 1.82) is 0 Å². The summed E-state index contributed by atoms with van der Waals surface area (Å²) >= 11 is 0. The second-order valence-electron chi connectivity index (χ2n) is 8.89. The van der Waals surface area contributed by atoms with Gasteiger partial charge in [0.25, 0.3) is 0 Å². The van der Waals surface area contributed by atoms with Gasteiger partial charge < -0.3 is 0 Å². The molecule has 5 aromatic rings. The maximum atomic E-state index is 15.6. The minimum absolute atomic E-state index is 0.111. The summed E-state index contributed by atoms with van der Waals surface area (Å²) in [6.45, 7) is 0. The number of nitrogens with zero attached hydrogens (tertiary/aromatic N) is 3. The molecular weight excluding hydrogens is 501 g/mol. The number of aromatic nitrogens is 3. The fourth-order valence-electron chi connectivity index (χ4n) is 4.20. The summed E-state index contributed by atoms with van der Waals surface area (Å²) in [6, 6.07) is 16.6. The van der Waals surface area contributed by atoms with Crippen LogP contribution in [0.15, 0.2) is 79.3 Å². The van der Waals surface area contributed by atoms with E-state index in [0.29, 0.717) is 40.8 Å². The van der Waals surface area contributed by atoms with Crippen molar-refractivity contribution in [3.05, 3.63) is 96.7 Å². The molecule has 6 nitrogen and oxygen atoms in total. The first-order chi connectivity index (χ1) is 17.8. The van der Waals surface area contributed by atoms with Crippen LogP contribution in [0.2, 0.25) is 0 Å². The van der Waals surface area contributed by atoms with E-state index in [9.17, 15) is 17.2 Å². The predicted molar refractivity (Wildman–Crippen MR) is 135 cm³/mol. The number of anilines is 1. The number of pyridine rings is 1. The molecule has 3 aromatic carbocycles. The summed E-state index contributed by atoms with van der Waals surface area (Å²) < 4.78 is 71.8. The van der Waals surface area contributed by atoms with Crippen LogP contribution in [0.25, 0.3) is 39.1 Å². The number of halogens is 3. The summed E-state index contributed by atoms with van der Waals surface area (Å²) in [4.78, 5) is 8.56. The summed E-state index contributed by atoms with van der Waals surface area (Å²) in [5.41, 5.74) is 3.37. The minimum Gasteiger partial charge on any atom is -0.299 e. The third kappa shape index (κ3) is 4.44. The predicted octanol–water partition coefficient (Wildman–Crippen LogP) is 6.08. The van der Waals surface area contributed by atoms with Crippen molar-refractivity contribution in [1.82, 2.24) is 14.5 Å². The van der Waals surface area contributed by atoms with Gasteiger partial charge in [-0.15, -0.1) is 0 Å². The van der Waals surface area contributed by atoms with Gasteiger partial charge in [-0.25, -0.2) is 26.6 Å². The number of rotatable bonds is 6. The van der Waals surface area contributed by atoms with Gasteiger partial charge in [-0.3, -0.25) is 14.3 Å². The molecule has 0 aliphatic heterocycles. The summed E-state index contributed by atoms with van der Waals surface area (Å²) in [5, 5.41) is -0.544. The van der Waals surface area contributed by atoms with Gasteiger partial charge in [0.15, 0.2) is 5.82 Å². The van der Waals surface area contributed by atoms with Crippen LogP contribution in [0.3, 0.4) is 0 Å². The number of benzene rings is 3. The number of hydrogen-bond acceptors (Lipinski definition) is 4. The molecule has 1 aliphatic carbocycles. The Morgan fingerprint density at radius 2 is 1.57 bits per heavy atom. The van der Waals surface area contributed by atoms with Gasteiger partial charge in [0, 0.05) is 11.1 Å². The van der Waals surface area contributed by atoms with E-state index in [0.717, 1.165) is 11.8 Å². The maximum absolute atomic E-state index is 15.6. The fourth-order valence-corrected chi connectivity index (χ4v) is 5.58. The molecule has 1 saturated carbocycles. The van der Waals surface area contributed by atoms with E-state index in [1.54, 1.807) is 35.2 Å². The van der Waals surface area contributed by atoms with Crippen molar-refractivity contribution >= 4 is 26.7 Å². The Labute approximate surface area is 210 Å². The van der Waals surface area contributed by atoms with Gasteiger partial charge in [-0.1, -0.05) is 18.2 Å². The number of hydrogen-bond donors (Lipinski definition) is 1. The molecule has 2 aromatic heterocycles. The molecule has 6 rings (SSSR count). The Morgan fingerprint density at radius 3 is 2.27 bits per heavy atom. The fraction of sp³-hybridized carbons (Fsp3) is 0.111. The highest BCUT2D eigenvalue weighted by Gasteiger charge is 2.36. The standard InChI is InChI=1S/C27H19F3N4O2S/c28-18-4-1-16(2-5-18)22-12-20(13-25(27(22)30)33-37(35,36)21-7-8-21)34-15-32-24-11-17(3-10-26(24)34)23-9-6-19(29)14-31-23/h1-6,9-15,21,33H,7-8H2. The van der Waals surface area contributed by atoms with Crippen LogP contribution in [0.1, 0.15) is 12.8 Å². The molecule has 1 fully saturated rings. The Kier molecular flexibility index (Phi) is 5.49. The van der Waals surface area contributed by atoms with E-state index < -0.39 is 32.7 Å². The second-order valence-corrected chi connectivity index (χ2v) is 10.8. The van der Waals surface area contributed by atoms with Gasteiger partial charge in [0.05, 0.1) is 39.5 Å². The molecule has 0 saturated heterocycles. The van der Waals surface area contributed by atoms with E-state index in [-0.39, 0.29) is 11.3 Å². The van der Waals surface area contributed by atoms with Crippen LogP contribution in [0.4, 0.5) is 18.9 Å². The monoisotopic (exact) mass is 520 g/mol. The third-order valence-electron chi connectivity index (χ3n) is 6.28. The summed E-state index contributed by atoms with van der Waals surface area (Å²) in [7, 11) is -3.74. The van der Waals surface area contributed by atoms with Crippen LogP contribution >= 0.6 is 0 Å². The van der Waals surface area contributed by atoms with Gasteiger partial charge in [-0.05, 0) is 66.9 Å². The van der Waals surface area contributed by atoms with Crippen molar-refractivity contribution in [2.75, 3.05) is 4.72 Å². The molecule has 37 heavy (non-hydrogen) atoms. The number of sulfonamides is 1. The molecule has 1 N–H and O–H groups in total. The first-order valence-corrected chi connectivity index (χ1v) is 13.0. The van der Waals surface area contributed by atoms with Crippen LogP contribution in [-0.2, 0) is 10.0 Å². The van der Waals surface area contributed by atoms with E-state index >= 15 is 4.39 Å². The molecule has 0 amide bonds. The molecule has 0 bridgehead atoms. The highest BCUT2D eigenvalue weighted by atomic mass is 32.2. The summed E-state index contributed by atoms with van der Waals surface area (Å²) in [5.74, 6) is -1.66. The molecule has 10 heteroatoms. The third-order valence-corrected chi connectivity index (χ3v) is 8.13. The lowest BCUT2D eigenvalue weighted by molar-refractivity contribution is 0.597. The van der Waals surface area contributed by atoms with Crippen molar-refractivity contribution in [2.45, 2.75) is 18.1 Å². The molecule has 0 radical (unpaired) electrons. The largest absolute Gasteiger partial charge is 0.299 e. The van der Waals surface area contributed by atoms with Crippen molar-refractivity contribution < 1.29 is 21.6 Å². The Morgan fingerprint density at radius 1 is 0.838 bits per heavy atom. The average molecular weight is 521 g/mol. The zero-order valence-electron chi connectivity index (χ0n) is 19.2. The van der Waals surface area contributed by atoms with E-state index in [4.69, 9.17) is 0 Å². The van der Waals surface area contributed by atoms with Crippen molar-refractivity contribution in [3.63, 3.8) is 0 Å². The lowest BCUT2D eigenvalue weighted by Gasteiger charge is -2.15. The zero-order chi connectivity index (χ0) is 25.7. The van der Waals surface area contributed by atoms with Crippen LogP contribution in [-0.4, -0.2) is 28.2 Å². The molecule has 0 atom stereocenters. The van der Waals surface area contributed by atoms with E-state index in [1.807, 2.05) is 6.07 Å². The number of nitrogens with one attached hydrogen (secondary N) is 1. The van der Waals surface area contributed by atoms with Gasteiger partial charge >= 0.3 is 0 Å². The van der Waals surface area contributed by atoms with E-state index in [1.165, 1.54) is 36.4 Å². The first-order valence-electron chi connectivity index (χ1n) is 11.5. The van der Waals surface area contributed by atoms with Gasteiger partial charge in [0.2, 0.25) is 10.0 Å². The minimum atomic E-state index is -3.74. The van der Waals surface area contributed by atoms with Gasteiger partial charge in [0.1, 0.15) is 18.0 Å². The Hall–Kier alpha value is -4.18. The molecule has 186 valence electrons. The van der Waals surface area contributed by atoms with Crippen LogP contribution in [0, 0.1) is 17.5 Å². The first kappa shape index (κ1) is 23.2. The number of imidazole rings is 1.